The van der Waals surface area contributed by atoms with Crippen LogP contribution in [0, 0.1) is 0 Å². The summed E-state index contributed by atoms with van der Waals surface area (Å²) in [6.45, 7) is 11.3. The molecule has 0 radical (unpaired) electrons. The van der Waals surface area contributed by atoms with Crippen LogP contribution in [0.5, 0.6) is 0 Å². The number of ether oxygens (including phenoxy) is 2. The van der Waals surface area contributed by atoms with E-state index < -0.39 is 0 Å². The molecule has 0 amide bonds. The second kappa shape index (κ2) is 40.6. The molecule has 0 aromatic heterocycles. The highest BCUT2D eigenvalue weighted by Gasteiger charge is 2.14. The van der Waals surface area contributed by atoms with Gasteiger partial charge in [-0.1, -0.05) is 162 Å². The summed E-state index contributed by atoms with van der Waals surface area (Å²) in [7, 11) is 0. The van der Waals surface area contributed by atoms with E-state index in [0.29, 0.717) is 26.0 Å². The van der Waals surface area contributed by atoms with Crippen LogP contribution in [0.4, 0.5) is 0 Å². The van der Waals surface area contributed by atoms with Crippen molar-refractivity contribution in [2.75, 3.05) is 32.8 Å². The van der Waals surface area contributed by atoms with Gasteiger partial charge in [0, 0.05) is 25.9 Å². The Morgan fingerprint density at radius 2 is 0.840 bits per heavy atom. The largest absolute Gasteiger partial charge is 0.466 e. The minimum absolute atomic E-state index is 0.0141. The van der Waals surface area contributed by atoms with Gasteiger partial charge in [-0.3, -0.25) is 9.59 Å². The van der Waals surface area contributed by atoms with E-state index in [1.165, 1.54) is 148 Å². The van der Waals surface area contributed by atoms with Gasteiger partial charge in [-0.25, -0.2) is 0 Å². The lowest BCUT2D eigenvalue weighted by Crippen LogP contribution is -2.31. The Bertz CT molecular complexity index is 688. The fourth-order valence-corrected chi connectivity index (χ4v) is 6.92. The fraction of sp³-hybridized carbons (Fsp3) is 0.955. The molecule has 0 atom stereocenters. The monoisotopic (exact) mass is 709 g/mol. The number of rotatable bonds is 41. The average molecular weight is 709 g/mol. The molecule has 50 heavy (non-hydrogen) atoms. The van der Waals surface area contributed by atoms with E-state index in [2.05, 4.69) is 25.7 Å². The highest BCUT2D eigenvalue weighted by molar-refractivity contribution is 5.69. The van der Waals surface area contributed by atoms with E-state index >= 15 is 0 Å². The maximum atomic E-state index is 12.7. The average Bonchev–Trinajstić information content (AvgIpc) is 3.11. The van der Waals surface area contributed by atoms with Crippen molar-refractivity contribution in [1.29, 1.82) is 0 Å². The Labute approximate surface area is 312 Å². The van der Waals surface area contributed by atoms with Crippen molar-refractivity contribution in [2.24, 2.45) is 5.73 Å². The Morgan fingerprint density at radius 1 is 0.460 bits per heavy atom. The molecule has 0 aromatic rings. The number of nitrogens with two attached hydrogens (primary N) is 1. The number of hydrogen-bond donors (Lipinski definition) is 1. The number of unbranched alkanes of at least 4 members (excludes halogenated alkanes) is 24. The van der Waals surface area contributed by atoms with E-state index in [9.17, 15) is 9.59 Å². The Kier molecular flexibility index (Phi) is 39.7. The van der Waals surface area contributed by atoms with Crippen LogP contribution in [0.1, 0.15) is 233 Å². The number of carbonyl (C=O) groups is 2. The molecule has 0 saturated carbocycles. The second-order valence-corrected chi connectivity index (χ2v) is 15.2. The van der Waals surface area contributed by atoms with Crippen LogP contribution in [0.15, 0.2) is 0 Å². The first-order valence-corrected chi connectivity index (χ1v) is 22.3. The first kappa shape index (κ1) is 48.9. The Balaban J connectivity index is 3.93. The molecule has 0 saturated heterocycles. The predicted molar refractivity (Wildman–Crippen MR) is 216 cm³/mol. The maximum absolute atomic E-state index is 12.7. The van der Waals surface area contributed by atoms with Crippen LogP contribution in [-0.2, 0) is 19.1 Å². The first-order valence-electron chi connectivity index (χ1n) is 22.3. The van der Waals surface area contributed by atoms with Gasteiger partial charge in [0.15, 0.2) is 0 Å². The fourth-order valence-electron chi connectivity index (χ4n) is 6.92. The van der Waals surface area contributed by atoms with E-state index in [1.807, 2.05) is 0 Å². The number of carbonyl (C=O) groups excluding carboxylic acids is 2. The number of hydrogen-bond acceptors (Lipinski definition) is 6. The molecular weight excluding hydrogens is 620 g/mol. The van der Waals surface area contributed by atoms with Crippen LogP contribution < -0.4 is 5.73 Å². The van der Waals surface area contributed by atoms with E-state index in [-0.39, 0.29) is 18.0 Å². The van der Waals surface area contributed by atoms with Crippen LogP contribution in [0.2, 0.25) is 0 Å². The molecule has 0 fully saturated rings. The molecule has 0 bridgehead atoms. The molecule has 0 spiro atoms. The van der Waals surface area contributed by atoms with Crippen LogP contribution in [0.25, 0.3) is 0 Å². The van der Waals surface area contributed by atoms with Crippen molar-refractivity contribution in [3.8, 4) is 0 Å². The lowest BCUT2D eigenvalue weighted by atomic mass is 10.0. The van der Waals surface area contributed by atoms with Crippen molar-refractivity contribution in [3.05, 3.63) is 0 Å². The molecule has 6 heteroatoms. The molecule has 2 N–H and O–H groups in total. The van der Waals surface area contributed by atoms with Crippen LogP contribution in [0.3, 0.4) is 0 Å². The lowest BCUT2D eigenvalue weighted by molar-refractivity contribution is -0.150. The summed E-state index contributed by atoms with van der Waals surface area (Å²) in [6.07, 6.45) is 38.9. The highest BCUT2D eigenvalue weighted by atomic mass is 16.5. The van der Waals surface area contributed by atoms with Crippen molar-refractivity contribution in [1.82, 2.24) is 4.90 Å². The summed E-state index contributed by atoms with van der Waals surface area (Å²) in [4.78, 5) is 27.1. The predicted octanol–water partition coefficient (Wildman–Crippen LogP) is 12.6. The summed E-state index contributed by atoms with van der Waals surface area (Å²) in [6, 6.07) is 0. The van der Waals surface area contributed by atoms with Gasteiger partial charge in [0.1, 0.15) is 6.10 Å². The zero-order valence-electron chi connectivity index (χ0n) is 34.1. The zero-order chi connectivity index (χ0) is 36.6. The molecule has 0 unspecified atom stereocenters. The summed E-state index contributed by atoms with van der Waals surface area (Å²) in [5.74, 6) is 0.0145. The summed E-state index contributed by atoms with van der Waals surface area (Å²) in [5, 5.41) is 0. The zero-order valence-corrected chi connectivity index (χ0v) is 34.1. The van der Waals surface area contributed by atoms with Gasteiger partial charge in [-0.05, 0) is 70.9 Å². The van der Waals surface area contributed by atoms with Crippen molar-refractivity contribution >= 4 is 11.9 Å². The normalized spacial score (nSPS) is 11.6. The molecule has 6 nitrogen and oxygen atoms in total. The van der Waals surface area contributed by atoms with Crippen molar-refractivity contribution < 1.29 is 19.1 Å². The molecule has 0 aliphatic rings. The Hall–Kier alpha value is -1.14. The first-order chi connectivity index (χ1) is 24.6. The van der Waals surface area contributed by atoms with E-state index in [4.69, 9.17) is 15.2 Å². The van der Waals surface area contributed by atoms with Gasteiger partial charge in [0.2, 0.25) is 0 Å². The van der Waals surface area contributed by atoms with E-state index in [0.717, 1.165) is 71.0 Å². The summed E-state index contributed by atoms with van der Waals surface area (Å²) in [5.41, 5.74) is 5.91. The number of esters is 2. The lowest BCUT2D eigenvalue weighted by Gasteiger charge is -2.21. The molecular formula is C44H88N2O4. The minimum Gasteiger partial charge on any atom is -0.466 e. The third-order valence-electron chi connectivity index (χ3n) is 10.2. The second-order valence-electron chi connectivity index (χ2n) is 15.2. The molecule has 0 aromatic carbocycles. The van der Waals surface area contributed by atoms with Crippen molar-refractivity contribution in [3.63, 3.8) is 0 Å². The van der Waals surface area contributed by atoms with Gasteiger partial charge >= 0.3 is 11.9 Å². The molecule has 0 heterocycles. The standard InChI is InChI=1S/C44H88N2O4/c1-4-7-10-13-16-21-28-35-43(47)49-41-32-25-18-24-31-39-46(40-37-45)38-30-23-17-22-29-36-44(48)50-42(33-26-19-14-11-8-5-2)34-27-20-15-12-9-6-3/h42H,4-41,45H2,1-3H3. The highest BCUT2D eigenvalue weighted by Crippen LogP contribution is 2.18. The molecule has 0 aliphatic carbocycles. The molecule has 0 aliphatic heterocycles. The van der Waals surface area contributed by atoms with Crippen molar-refractivity contribution in [2.45, 2.75) is 239 Å². The quantitative estimate of drug-likeness (QED) is 0.0503. The van der Waals surface area contributed by atoms with Gasteiger partial charge in [0.25, 0.3) is 0 Å². The van der Waals surface area contributed by atoms with Crippen LogP contribution >= 0.6 is 0 Å². The maximum Gasteiger partial charge on any atom is 0.306 e. The van der Waals surface area contributed by atoms with E-state index in [1.54, 1.807) is 0 Å². The minimum atomic E-state index is -0.0141. The smallest absolute Gasteiger partial charge is 0.306 e. The van der Waals surface area contributed by atoms with Gasteiger partial charge in [-0.15, -0.1) is 0 Å². The molecule has 0 rings (SSSR count). The third-order valence-corrected chi connectivity index (χ3v) is 10.2. The van der Waals surface area contributed by atoms with Crippen LogP contribution in [-0.4, -0.2) is 55.7 Å². The summed E-state index contributed by atoms with van der Waals surface area (Å²) >= 11 is 0. The molecule has 298 valence electrons. The van der Waals surface area contributed by atoms with Gasteiger partial charge in [-0.2, -0.15) is 0 Å². The SMILES string of the molecule is CCCCCCCCCC(=O)OCCCCCCCN(CCN)CCCCCCCC(=O)OC(CCCCCCCC)CCCCCCCC. The number of nitrogens with zero attached hydrogens (tertiary/aromatic N) is 1. The Morgan fingerprint density at radius 3 is 1.30 bits per heavy atom. The van der Waals surface area contributed by atoms with Gasteiger partial charge in [0.05, 0.1) is 6.61 Å². The van der Waals surface area contributed by atoms with Gasteiger partial charge < -0.3 is 20.1 Å². The third kappa shape index (κ3) is 36.6. The summed E-state index contributed by atoms with van der Waals surface area (Å²) < 4.78 is 11.5. The topological polar surface area (TPSA) is 81.9 Å².